The van der Waals surface area contributed by atoms with E-state index < -0.39 is 5.60 Å². The van der Waals surface area contributed by atoms with Crippen LogP contribution in [-0.4, -0.2) is 35.7 Å². The van der Waals surface area contributed by atoms with Gasteiger partial charge in [-0.3, -0.25) is 0 Å². The third kappa shape index (κ3) is 4.45. The number of nitrogens with two attached hydrogens (primary N) is 1. The maximum absolute atomic E-state index is 12.1. The first-order chi connectivity index (χ1) is 9.76. The standard InChI is InChI=1S/C16H23BrN2O2/c1-16(2,3)21-15(20)19-9-8-13(14(18)10-19)11-4-6-12(17)7-5-11/h4-7,13-14H,8-10,18H2,1-3H3. The first-order valence-electron chi connectivity index (χ1n) is 7.25. The molecule has 1 aliphatic heterocycles. The van der Waals surface area contributed by atoms with Crippen molar-refractivity contribution >= 4 is 22.0 Å². The highest BCUT2D eigenvalue weighted by Gasteiger charge is 2.32. The predicted molar refractivity (Wildman–Crippen MR) is 87.3 cm³/mol. The fourth-order valence-electron chi connectivity index (χ4n) is 2.60. The summed E-state index contributed by atoms with van der Waals surface area (Å²) >= 11 is 3.44. The maximum atomic E-state index is 12.1. The van der Waals surface area contributed by atoms with E-state index in [9.17, 15) is 4.79 Å². The molecule has 0 bridgehead atoms. The number of hydrogen-bond acceptors (Lipinski definition) is 3. The molecule has 0 spiro atoms. The van der Waals surface area contributed by atoms with Crippen molar-refractivity contribution in [1.82, 2.24) is 4.90 Å². The highest BCUT2D eigenvalue weighted by Crippen LogP contribution is 2.29. The summed E-state index contributed by atoms with van der Waals surface area (Å²) in [6.45, 7) is 6.84. The quantitative estimate of drug-likeness (QED) is 0.839. The molecule has 0 saturated carbocycles. The summed E-state index contributed by atoms with van der Waals surface area (Å²) in [6, 6.07) is 8.19. The van der Waals surface area contributed by atoms with Crippen LogP contribution in [0.4, 0.5) is 4.79 Å². The van der Waals surface area contributed by atoms with E-state index in [1.807, 2.05) is 32.9 Å². The fraction of sp³-hybridized carbons (Fsp3) is 0.562. The van der Waals surface area contributed by atoms with Crippen LogP contribution >= 0.6 is 15.9 Å². The number of amides is 1. The van der Waals surface area contributed by atoms with Crippen molar-refractivity contribution in [2.75, 3.05) is 13.1 Å². The number of rotatable bonds is 1. The summed E-state index contributed by atoms with van der Waals surface area (Å²) < 4.78 is 6.47. The molecule has 2 atom stereocenters. The van der Waals surface area contributed by atoms with Crippen LogP contribution in [0.5, 0.6) is 0 Å². The summed E-state index contributed by atoms with van der Waals surface area (Å²) in [5.41, 5.74) is 7.04. The Bertz CT molecular complexity index is 496. The van der Waals surface area contributed by atoms with Crippen molar-refractivity contribution in [3.63, 3.8) is 0 Å². The summed E-state index contributed by atoms with van der Waals surface area (Å²) in [5.74, 6) is 0.289. The van der Waals surface area contributed by atoms with E-state index in [1.165, 1.54) is 5.56 Å². The zero-order chi connectivity index (χ0) is 15.6. The minimum absolute atomic E-state index is 0.0626. The molecule has 0 radical (unpaired) electrons. The molecule has 0 aliphatic carbocycles. The van der Waals surface area contributed by atoms with Crippen LogP contribution in [0.3, 0.4) is 0 Å². The van der Waals surface area contributed by atoms with Gasteiger partial charge in [0.2, 0.25) is 0 Å². The first kappa shape index (κ1) is 16.3. The first-order valence-corrected chi connectivity index (χ1v) is 8.04. The van der Waals surface area contributed by atoms with Gasteiger partial charge in [-0.05, 0) is 44.9 Å². The Labute approximate surface area is 134 Å². The Hall–Kier alpha value is -1.07. The van der Waals surface area contributed by atoms with Gasteiger partial charge in [0, 0.05) is 29.5 Å². The summed E-state index contributed by atoms with van der Waals surface area (Å²) in [7, 11) is 0. The molecule has 1 amide bonds. The molecule has 1 aliphatic rings. The second kappa shape index (κ2) is 6.36. The Kier molecular flexibility index (Phi) is 4.94. The second-order valence-electron chi connectivity index (χ2n) is 6.54. The van der Waals surface area contributed by atoms with E-state index in [-0.39, 0.29) is 18.1 Å². The number of halogens is 1. The maximum Gasteiger partial charge on any atom is 0.410 e. The molecule has 116 valence electrons. The van der Waals surface area contributed by atoms with Crippen molar-refractivity contribution in [1.29, 1.82) is 0 Å². The predicted octanol–water partition coefficient (Wildman–Crippen LogP) is 3.50. The highest BCUT2D eigenvalue weighted by molar-refractivity contribution is 9.10. The molecule has 5 heteroatoms. The molecule has 0 aromatic heterocycles. The van der Waals surface area contributed by atoms with Crippen LogP contribution in [0.25, 0.3) is 0 Å². The number of nitrogens with zero attached hydrogens (tertiary/aromatic N) is 1. The van der Waals surface area contributed by atoms with E-state index in [1.54, 1.807) is 4.90 Å². The third-order valence-electron chi connectivity index (χ3n) is 3.61. The van der Waals surface area contributed by atoms with Crippen LogP contribution < -0.4 is 5.73 Å². The van der Waals surface area contributed by atoms with Crippen molar-refractivity contribution in [3.8, 4) is 0 Å². The van der Waals surface area contributed by atoms with Crippen LogP contribution in [0.2, 0.25) is 0 Å². The average molecular weight is 355 g/mol. The monoisotopic (exact) mass is 354 g/mol. The number of piperidine rings is 1. The molecule has 2 unspecified atom stereocenters. The summed E-state index contributed by atoms with van der Waals surface area (Å²) in [4.78, 5) is 13.8. The van der Waals surface area contributed by atoms with Gasteiger partial charge < -0.3 is 15.4 Å². The molecule has 1 aromatic rings. The van der Waals surface area contributed by atoms with Gasteiger partial charge in [0.15, 0.2) is 0 Å². The lowest BCUT2D eigenvalue weighted by Gasteiger charge is -2.37. The Balaban J connectivity index is 1.99. The molecule has 21 heavy (non-hydrogen) atoms. The Morgan fingerprint density at radius 3 is 2.48 bits per heavy atom. The van der Waals surface area contributed by atoms with Crippen LogP contribution in [0.15, 0.2) is 28.7 Å². The molecule has 1 fully saturated rings. The fourth-order valence-corrected chi connectivity index (χ4v) is 2.86. The molecule has 1 aromatic carbocycles. The smallest absolute Gasteiger partial charge is 0.410 e. The average Bonchev–Trinajstić information content (AvgIpc) is 2.38. The van der Waals surface area contributed by atoms with Crippen LogP contribution in [-0.2, 0) is 4.74 Å². The van der Waals surface area contributed by atoms with Gasteiger partial charge in [-0.1, -0.05) is 28.1 Å². The molecule has 1 heterocycles. The third-order valence-corrected chi connectivity index (χ3v) is 4.14. The van der Waals surface area contributed by atoms with Crippen molar-refractivity contribution in [3.05, 3.63) is 34.3 Å². The van der Waals surface area contributed by atoms with Gasteiger partial charge in [0.1, 0.15) is 5.60 Å². The summed E-state index contributed by atoms with van der Waals surface area (Å²) in [6.07, 6.45) is 0.592. The zero-order valence-corrected chi connectivity index (χ0v) is 14.4. The number of hydrogen-bond donors (Lipinski definition) is 1. The Morgan fingerprint density at radius 1 is 1.33 bits per heavy atom. The largest absolute Gasteiger partial charge is 0.444 e. The van der Waals surface area contributed by atoms with Gasteiger partial charge in [0.25, 0.3) is 0 Å². The van der Waals surface area contributed by atoms with Gasteiger partial charge >= 0.3 is 6.09 Å². The number of carbonyl (C=O) groups excluding carboxylic acids is 1. The van der Waals surface area contributed by atoms with Gasteiger partial charge in [-0.15, -0.1) is 0 Å². The van der Waals surface area contributed by atoms with Gasteiger partial charge in [0.05, 0.1) is 0 Å². The van der Waals surface area contributed by atoms with Crippen molar-refractivity contribution < 1.29 is 9.53 Å². The number of likely N-dealkylation sites (tertiary alicyclic amines) is 1. The minimum Gasteiger partial charge on any atom is -0.444 e. The van der Waals surface area contributed by atoms with E-state index in [0.29, 0.717) is 13.1 Å². The second-order valence-corrected chi connectivity index (χ2v) is 7.45. The van der Waals surface area contributed by atoms with E-state index >= 15 is 0 Å². The number of carbonyl (C=O) groups is 1. The van der Waals surface area contributed by atoms with Crippen molar-refractivity contribution in [2.45, 2.75) is 44.8 Å². The number of benzene rings is 1. The zero-order valence-electron chi connectivity index (χ0n) is 12.8. The van der Waals surface area contributed by atoms with Crippen LogP contribution in [0.1, 0.15) is 38.7 Å². The molecular formula is C16H23BrN2O2. The number of ether oxygens (including phenoxy) is 1. The summed E-state index contributed by atoms with van der Waals surface area (Å²) in [5, 5.41) is 0. The van der Waals surface area contributed by atoms with Gasteiger partial charge in [-0.25, -0.2) is 4.79 Å². The van der Waals surface area contributed by atoms with Crippen molar-refractivity contribution in [2.24, 2.45) is 5.73 Å². The van der Waals surface area contributed by atoms with Crippen LogP contribution in [0, 0.1) is 0 Å². The molecule has 4 nitrogen and oxygen atoms in total. The lowest BCUT2D eigenvalue weighted by atomic mass is 9.86. The van der Waals surface area contributed by atoms with Gasteiger partial charge in [-0.2, -0.15) is 0 Å². The van der Waals surface area contributed by atoms with E-state index in [4.69, 9.17) is 10.5 Å². The molecule has 2 rings (SSSR count). The minimum atomic E-state index is -0.469. The highest BCUT2D eigenvalue weighted by atomic mass is 79.9. The molecular weight excluding hydrogens is 332 g/mol. The normalized spacial score (nSPS) is 23.0. The topological polar surface area (TPSA) is 55.6 Å². The Morgan fingerprint density at radius 2 is 1.95 bits per heavy atom. The lowest BCUT2D eigenvalue weighted by Crippen LogP contribution is -2.50. The SMILES string of the molecule is CC(C)(C)OC(=O)N1CCC(c2ccc(Br)cc2)C(N)C1. The van der Waals surface area contributed by atoms with E-state index in [2.05, 4.69) is 28.1 Å². The van der Waals surface area contributed by atoms with E-state index in [0.717, 1.165) is 10.9 Å². The molecule has 1 saturated heterocycles. The lowest BCUT2D eigenvalue weighted by molar-refractivity contribution is 0.0186. The molecule has 2 N–H and O–H groups in total.